The Morgan fingerprint density at radius 3 is 2.64 bits per heavy atom. The van der Waals surface area contributed by atoms with Crippen molar-refractivity contribution in [1.29, 1.82) is 0 Å². The van der Waals surface area contributed by atoms with E-state index in [4.69, 9.17) is 9.15 Å². The van der Waals surface area contributed by atoms with Crippen LogP contribution in [0.1, 0.15) is 42.3 Å². The van der Waals surface area contributed by atoms with Gasteiger partial charge in [-0.3, -0.25) is 9.59 Å². The number of hydrogen-bond donors (Lipinski definition) is 2. The zero-order valence-electron chi connectivity index (χ0n) is 18.1. The Kier molecular flexibility index (Phi) is 6.80. The fraction of sp³-hybridized carbons (Fsp3) is 0.167. The van der Waals surface area contributed by atoms with E-state index in [-0.39, 0.29) is 24.1 Å². The normalized spacial score (nSPS) is 10.6. The Morgan fingerprint density at radius 1 is 1.00 bits per heavy atom. The number of amides is 2. The first-order valence-corrected chi connectivity index (χ1v) is 11.0. The van der Waals surface area contributed by atoms with Gasteiger partial charge in [0, 0.05) is 11.3 Å². The SMILES string of the molecule is Cc1cccc(OCc2nnc(C(=O)Nc3cccc(C(=O)NCc4ccc(C)o4)c3)s2)c1. The highest BCUT2D eigenvalue weighted by Crippen LogP contribution is 2.18. The van der Waals surface area contributed by atoms with Crippen LogP contribution in [0.15, 0.2) is 65.1 Å². The molecule has 0 spiro atoms. The monoisotopic (exact) mass is 462 g/mol. The van der Waals surface area contributed by atoms with E-state index in [1.165, 1.54) is 0 Å². The van der Waals surface area contributed by atoms with Gasteiger partial charge in [0.1, 0.15) is 23.9 Å². The number of furan rings is 1. The zero-order chi connectivity index (χ0) is 23.2. The van der Waals surface area contributed by atoms with Crippen LogP contribution in [0.5, 0.6) is 5.75 Å². The van der Waals surface area contributed by atoms with E-state index in [9.17, 15) is 9.59 Å². The molecule has 0 saturated heterocycles. The first-order valence-electron chi connectivity index (χ1n) is 10.2. The lowest BCUT2D eigenvalue weighted by Crippen LogP contribution is -2.22. The highest BCUT2D eigenvalue weighted by atomic mass is 32.1. The molecule has 0 atom stereocenters. The predicted molar refractivity (Wildman–Crippen MR) is 124 cm³/mol. The second kappa shape index (κ2) is 10.1. The van der Waals surface area contributed by atoms with E-state index < -0.39 is 5.91 Å². The Labute approximate surface area is 194 Å². The van der Waals surface area contributed by atoms with Crippen molar-refractivity contribution in [3.05, 3.63) is 93.3 Å². The summed E-state index contributed by atoms with van der Waals surface area (Å²) < 4.78 is 11.2. The molecule has 0 fully saturated rings. The first kappa shape index (κ1) is 22.2. The third-order valence-electron chi connectivity index (χ3n) is 4.61. The van der Waals surface area contributed by atoms with E-state index in [1.807, 2.05) is 50.2 Å². The van der Waals surface area contributed by atoms with Gasteiger partial charge in [0.05, 0.1) is 6.54 Å². The lowest BCUT2D eigenvalue weighted by molar-refractivity contribution is 0.0946. The Morgan fingerprint density at radius 2 is 1.85 bits per heavy atom. The summed E-state index contributed by atoms with van der Waals surface area (Å²) in [6.45, 7) is 4.33. The van der Waals surface area contributed by atoms with Crippen molar-refractivity contribution in [2.45, 2.75) is 27.0 Å². The summed E-state index contributed by atoms with van der Waals surface area (Å²) in [6.07, 6.45) is 0. The molecule has 8 nitrogen and oxygen atoms in total. The molecule has 0 bridgehead atoms. The summed E-state index contributed by atoms with van der Waals surface area (Å²) in [5.41, 5.74) is 1.99. The highest BCUT2D eigenvalue weighted by molar-refractivity contribution is 7.13. The summed E-state index contributed by atoms with van der Waals surface area (Å²) in [6, 6.07) is 18.0. The molecule has 2 aromatic carbocycles. The number of carbonyl (C=O) groups excluding carboxylic acids is 2. The van der Waals surface area contributed by atoms with Crippen LogP contribution in [0.25, 0.3) is 0 Å². The quantitative estimate of drug-likeness (QED) is 0.399. The van der Waals surface area contributed by atoms with E-state index in [0.717, 1.165) is 28.4 Å². The number of hydrogen-bond acceptors (Lipinski definition) is 7. The van der Waals surface area contributed by atoms with E-state index in [2.05, 4.69) is 20.8 Å². The van der Waals surface area contributed by atoms with Crippen molar-refractivity contribution in [2.24, 2.45) is 0 Å². The first-order chi connectivity index (χ1) is 16.0. The molecule has 4 aromatic rings. The fourth-order valence-corrected chi connectivity index (χ4v) is 3.67. The van der Waals surface area contributed by atoms with Crippen LogP contribution in [0.4, 0.5) is 5.69 Å². The van der Waals surface area contributed by atoms with Gasteiger partial charge in [0.25, 0.3) is 11.8 Å². The maximum Gasteiger partial charge on any atom is 0.286 e. The molecule has 2 N–H and O–H groups in total. The number of ether oxygens (including phenoxy) is 1. The van der Waals surface area contributed by atoms with Crippen LogP contribution in [-0.2, 0) is 13.2 Å². The molecule has 2 amide bonds. The minimum atomic E-state index is -0.405. The van der Waals surface area contributed by atoms with Crippen LogP contribution < -0.4 is 15.4 Å². The van der Waals surface area contributed by atoms with Crippen molar-refractivity contribution in [3.8, 4) is 5.75 Å². The smallest absolute Gasteiger partial charge is 0.286 e. The Hall–Kier alpha value is -3.98. The van der Waals surface area contributed by atoms with E-state index in [1.54, 1.807) is 24.3 Å². The van der Waals surface area contributed by atoms with Crippen LogP contribution >= 0.6 is 11.3 Å². The molecule has 2 aromatic heterocycles. The summed E-state index contributed by atoms with van der Waals surface area (Å²) in [5.74, 6) is 1.51. The number of rotatable bonds is 8. The molecule has 0 radical (unpaired) electrons. The van der Waals surface area contributed by atoms with Gasteiger partial charge >= 0.3 is 0 Å². The largest absolute Gasteiger partial charge is 0.486 e. The number of benzene rings is 2. The van der Waals surface area contributed by atoms with Gasteiger partial charge in [-0.15, -0.1) is 10.2 Å². The standard InChI is InChI=1S/C24H22N4O4S/c1-15-5-3-8-19(11-15)31-14-21-27-28-24(33-21)23(30)26-18-7-4-6-17(12-18)22(29)25-13-20-10-9-16(2)32-20/h3-12H,13-14H2,1-2H3,(H,25,29)(H,26,30). The zero-order valence-corrected chi connectivity index (χ0v) is 18.9. The van der Waals surface area contributed by atoms with Crippen molar-refractivity contribution < 1.29 is 18.7 Å². The van der Waals surface area contributed by atoms with Crippen LogP contribution in [0.3, 0.4) is 0 Å². The summed E-state index contributed by atoms with van der Waals surface area (Å²) in [4.78, 5) is 25.0. The number of aryl methyl sites for hydroxylation is 2. The molecule has 0 aliphatic rings. The summed E-state index contributed by atoms with van der Waals surface area (Å²) in [7, 11) is 0. The number of anilines is 1. The number of aromatic nitrogens is 2. The number of carbonyl (C=O) groups is 2. The van der Waals surface area contributed by atoms with Gasteiger partial charge in [-0.05, 0) is 61.9 Å². The minimum absolute atomic E-state index is 0.209. The third kappa shape index (κ3) is 6.05. The number of nitrogens with one attached hydrogen (secondary N) is 2. The summed E-state index contributed by atoms with van der Waals surface area (Å²) in [5, 5.41) is 14.3. The predicted octanol–water partition coefficient (Wildman–Crippen LogP) is 4.51. The minimum Gasteiger partial charge on any atom is -0.486 e. The van der Waals surface area contributed by atoms with Crippen LogP contribution in [-0.4, -0.2) is 22.0 Å². The number of nitrogens with zero attached hydrogens (tertiary/aromatic N) is 2. The molecule has 0 aliphatic heterocycles. The topological polar surface area (TPSA) is 106 Å². The van der Waals surface area contributed by atoms with Crippen LogP contribution in [0.2, 0.25) is 0 Å². The Balaban J connectivity index is 1.33. The molecule has 0 aliphatic carbocycles. The second-order valence-electron chi connectivity index (χ2n) is 7.34. The van der Waals surface area contributed by atoms with E-state index >= 15 is 0 Å². The Bertz CT molecular complexity index is 1280. The molecular weight excluding hydrogens is 440 g/mol. The second-order valence-corrected chi connectivity index (χ2v) is 8.40. The maximum atomic E-state index is 12.6. The lowest BCUT2D eigenvalue weighted by atomic mass is 10.2. The van der Waals surface area contributed by atoms with Crippen molar-refractivity contribution >= 4 is 28.8 Å². The van der Waals surface area contributed by atoms with Gasteiger partial charge in [-0.25, -0.2) is 0 Å². The van der Waals surface area contributed by atoms with Gasteiger partial charge in [0.2, 0.25) is 5.01 Å². The molecule has 4 rings (SSSR count). The van der Waals surface area contributed by atoms with Crippen molar-refractivity contribution in [1.82, 2.24) is 15.5 Å². The molecular formula is C24H22N4O4S. The van der Waals surface area contributed by atoms with Gasteiger partial charge in [-0.1, -0.05) is 29.5 Å². The lowest BCUT2D eigenvalue weighted by Gasteiger charge is -2.07. The average Bonchev–Trinajstić information content (AvgIpc) is 3.45. The molecule has 168 valence electrons. The van der Waals surface area contributed by atoms with Crippen molar-refractivity contribution in [2.75, 3.05) is 5.32 Å². The van der Waals surface area contributed by atoms with Crippen molar-refractivity contribution in [3.63, 3.8) is 0 Å². The van der Waals surface area contributed by atoms with Gasteiger partial charge < -0.3 is 19.8 Å². The van der Waals surface area contributed by atoms with Crippen LogP contribution in [0, 0.1) is 13.8 Å². The molecule has 33 heavy (non-hydrogen) atoms. The molecule has 2 heterocycles. The van der Waals surface area contributed by atoms with Gasteiger partial charge in [0.15, 0.2) is 5.01 Å². The van der Waals surface area contributed by atoms with Gasteiger partial charge in [-0.2, -0.15) is 0 Å². The molecule has 0 unspecified atom stereocenters. The third-order valence-corrected chi connectivity index (χ3v) is 5.51. The summed E-state index contributed by atoms with van der Waals surface area (Å²) >= 11 is 1.15. The fourth-order valence-electron chi connectivity index (χ4n) is 3.03. The molecule has 0 saturated carbocycles. The highest BCUT2D eigenvalue weighted by Gasteiger charge is 2.15. The average molecular weight is 463 g/mol. The van der Waals surface area contributed by atoms with E-state index in [0.29, 0.717) is 22.0 Å². The molecule has 9 heteroatoms. The maximum absolute atomic E-state index is 12.6.